The van der Waals surface area contributed by atoms with Crippen molar-refractivity contribution in [3.05, 3.63) is 0 Å². The molecular formula is C8H16O2. The fourth-order valence-electron chi connectivity index (χ4n) is 1.68. The Morgan fingerprint density at radius 1 is 1.10 bits per heavy atom. The molecule has 0 N–H and O–H groups in total. The van der Waals surface area contributed by atoms with Gasteiger partial charge in [0.15, 0.2) is 0 Å². The maximum absolute atomic E-state index is 5.28. The van der Waals surface area contributed by atoms with Crippen molar-refractivity contribution in [1.82, 2.24) is 0 Å². The zero-order chi connectivity index (χ0) is 7.56. The monoisotopic (exact) mass is 144 g/mol. The Labute approximate surface area is 62.5 Å². The zero-order valence-corrected chi connectivity index (χ0v) is 6.96. The molecule has 0 aliphatic heterocycles. The van der Waals surface area contributed by atoms with Crippen LogP contribution in [0.2, 0.25) is 0 Å². The van der Waals surface area contributed by atoms with E-state index in [9.17, 15) is 0 Å². The van der Waals surface area contributed by atoms with Crippen molar-refractivity contribution in [2.75, 3.05) is 14.2 Å². The first-order valence-electron chi connectivity index (χ1n) is 3.83. The standard InChI is InChI=1S/C8H16O2/c1-6-4-7(9-2)5-8(6)10-3/h6-8H,4-5H2,1-3H3/t6-,7+,8-/m1/s1. The number of hydrogen-bond acceptors (Lipinski definition) is 2. The zero-order valence-electron chi connectivity index (χ0n) is 6.96. The van der Waals surface area contributed by atoms with Crippen LogP contribution in [-0.4, -0.2) is 26.4 Å². The highest BCUT2D eigenvalue weighted by molar-refractivity contribution is 4.81. The maximum Gasteiger partial charge on any atom is 0.0622 e. The van der Waals surface area contributed by atoms with Crippen LogP contribution in [0.25, 0.3) is 0 Å². The average molecular weight is 144 g/mol. The van der Waals surface area contributed by atoms with Gasteiger partial charge in [-0.2, -0.15) is 0 Å². The Morgan fingerprint density at radius 3 is 2.10 bits per heavy atom. The minimum absolute atomic E-state index is 0.421. The highest BCUT2D eigenvalue weighted by Gasteiger charge is 2.30. The van der Waals surface area contributed by atoms with E-state index in [1.807, 2.05) is 0 Å². The fraction of sp³-hybridized carbons (Fsp3) is 1.00. The molecular weight excluding hydrogens is 128 g/mol. The molecule has 1 fully saturated rings. The molecule has 10 heavy (non-hydrogen) atoms. The number of rotatable bonds is 2. The summed E-state index contributed by atoms with van der Waals surface area (Å²) in [7, 11) is 3.55. The Balaban J connectivity index is 2.36. The van der Waals surface area contributed by atoms with Crippen LogP contribution in [0, 0.1) is 5.92 Å². The molecule has 2 nitrogen and oxygen atoms in total. The molecule has 0 amide bonds. The molecule has 0 unspecified atom stereocenters. The van der Waals surface area contributed by atoms with Gasteiger partial charge in [-0.1, -0.05) is 6.92 Å². The minimum Gasteiger partial charge on any atom is -0.381 e. The predicted octanol–water partition coefficient (Wildman–Crippen LogP) is 1.45. The minimum atomic E-state index is 0.421. The lowest BCUT2D eigenvalue weighted by Crippen LogP contribution is -2.13. The highest BCUT2D eigenvalue weighted by Crippen LogP contribution is 2.29. The first kappa shape index (κ1) is 8.02. The van der Waals surface area contributed by atoms with Crippen molar-refractivity contribution in [2.45, 2.75) is 32.0 Å². The summed E-state index contributed by atoms with van der Waals surface area (Å²) in [6.45, 7) is 2.22. The third kappa shape index (κ3) is 1.50. The summed E-state index contributed by atoms with van der Waals surface area (Å²) in [5.74, 6) is 0.662. The Kier molecular flexibility index (Phi) is 2.69. The molecule has 3 atom stereocenters. The summed E-state index contributed by atoms with van der Waals surface area (Å²) in [6, 6.07) is 0. The summed E-state index contributed by atoms with van der Waals surface area (Å²) in [4.78, 5) is 0. The molecule has 0 saturated heterocycles. The fourth-order valence-corrected chi connectivity index (χ4v) is 1.68. The normalized spacial score (nSPS) is 40.5. The largest absolute Gasteiger partial charge is 0.381 e. The van der Waals surface area contributed by atoms with Crippen LogP contribution in [0.15, 0.2) is 0 Å². The van der Waals surface area contributed by atoms with Gasteiger partial charge in [0.1, 0.15) is 0 Å². The second-order valence-electron chi connectivity index (χ2n) is 3.08. The van der Waals surface area contributed by atoms with Crippen LogP contribution in [-0.2, 0) is 9.47 Å². The van der Waals surface area contributed by atoms with E-state index >= 15 is 0 Å². The van der Waals surface area contributed by atoms with Gasteiger partial charge in [-0.3, -0.25) is 0 Å². The van der Waals surface area contributed by atoms with Gasteiger partial charge in [-0.25, -0.2) is 0 Å². The lowest BCUT2D eigenvalue weighted by Gasteiger charge is -2.11. The van der Waals surface area contributed by atoms with Crippen molar-refractivity contribution in [3.63, 3.8) is 0 Å². The summed E-state index contributed by atoms with van der Waals surface area (Å²) in [6.07, 6.45) is 3.06. The van der Waals surface area contributed by atoms with Gasteiger partial charge in [0.2, 0.25) is 0 Å². The van der Waals surface area contributed by atoms with E-state index in [4.69, 9.17) is 9.47 Å². The molecule has 0 radical (unpaired) electrons. The Hall–Kier alpha value is -0.0800. The molecule has 0 aromatic rings. The lowest BCUT2D eigenvalue weighted by molar-refractivity contribution is 0.0591. The van der Waals surface area contributed by atoms with E-state index in [-0.39, 0.29) is 0 Å². The summed E-state index contributed by atoms with van der Waals surface area (Å²) >= 11 is 0. The number of methoxy groups -OCH3 is 2. The summed E-state index contributed by atoms with van der Waals surface area (Å²) in [5.41, 5.74) is 0. The molecule has 0 spiro atoms. The number of ether oxygens (including phenoxy) is 2. The van der Waals surface area contributed by atoms with E-state index in [1.165, 1.54) is 0 Å². The second-order valence-corrected chi connectivity index (χ2v) is 3.08. The van der Waals surface area contributed by atoms with Crippen LogP contribution < -0.4 is 0 Å². The van der Waals surface area contributed by atoms with Gasteiger partial charge in [0.25, 0.3) is 0 Å². The second kappa shape index (κ2) is 3.35. The van der Waals surface area contributed by atoms with Crippen molar-refractivity contribution in [3.8, 4) is 0 Å². The molecule has 1 saturated carbocycles. The SMILES string of the molecule is CO[C@H]1C[C@@H](C)[C@H](OC)C1. The van der Waals surface area contributed by atoms with Crippen LogP contribution >= 0.6 is 0 Å². The van der Waals surface area contributed by atoms with Crippen molar-refractivity contribution < 1.29 is 9.47 Å². The topological polar surface area (TPSA) is 18.5 Å². The van der Waals surface area contributed by atoms with E-state index in [0.717, 1.165) is 12.8 Å². The molecule has 1 aliphatic rings. The molecule has 0 aromatic heterocycles. The van der Waals surface area contributed by atoms with Crippen molar-refractivity contribution in [1.29, 1.82) is 0 Å². The van der Waals surface area contributed by atoms with E-state index < -0.39 is 0 Å². The highest BCUT2D eigenvalue weighted by atomic mass is 16.5. The van der Waals surface area contributed by atoms with Gasteiger partial charge in [-0.05, 0) is 18.8 Å². The third-order valence-electron chi connectivity index (χ3n) is 2.40. The van der Waals surface area contributed by atoms with Gasteiger partial charge >= 0.3 is 0 Å². The average Bonchev–Trinajstić information content (AvgIpc) is 2.30. The maximum atomic E-state index is 5.28. The van der Waals surface area contributed by atoms with E-state index in [0.29, 0.717) is 18.1 Å². The predicted molar refractivity (Wildman–Crippen MR) is 40.0 cm³/mol. The van der Waals surface area contributed by atoms with Crippen molar-refractivity contribution in [2.24, 2.45) is 5.92 Å². The van der Waals surface area contributed by atoms with E-state index in [1.54, 1.807) is 14.2 Å². The van der Waals surface area contributed by atoms with Crippen LogP contribution in [0.3, 0.4) is 0 Å². The molecule has 0 aromatic carbocycles. The Morgan fingerprint density at radius 2 is 1.80 bits per heavy atom. The quantitative estimate of drug-likeness (QED) is 0.584. The summed E-state index contributed by atoms with van der Waals surface area (Å²) in [5, 5.41) is 0. The van der Waals surface area contributed by atoms with Crippen LogP contribution in [0.4, 0.5) is 0 Å². The first-order valence-corrected chi connectivity index (χ1v) is 3.83. The van der Waals surface area contributed by atoms with Crippen LogP contribution in [0.1, 0.15) is 19.8 Å². The van der Waals surface area contributed by atoms with Gasteiger partial charge in [0, 0.05) is 14.2 Å². The Bertz CT molecular complexity index is 103. The molecule has 1 aliphatic carbocycles. The van der Waals surface area contributed by atoms with E-state index in [2.05, 4.69) is 6.92 Å². The molecule has 0 heterocycles. The lowest BCUT2D eigenvalue weighted by atomic mass is 10.1. The van der Waals surface area contributed by atoms with Crippen LogP contribution in [0.5, 0.6) is 0 Å². The first-order chi connectivity index (χ1) is 4.77. The molecule has 1 rings (SSSR count). The molecule has 2 heteroatoms. The molecule has 0 bridgehead atoms. The smallest absolute Gasteiger partial charge is 0.0622 e. The van der Waals surface area contributed by atoms with Gasteiger partial charge < -0.3 is 9.47 Å². The van der Waals surface area contributed by atoms with Gasteiger partial charge in [0.05, 0.1) is 12.2 Å². The van der Waals surface area contributed by atoms with Gasteiger partial charge in [-0.15, -0.1) is 0 Å². The number of hydrogen-bond donors (Lipinski definition) is 0. The van der Waals surface area contributed by atoms with Crippen molar-refractivity contribution >= 4 is 0 Å². The molecule has 60 valence electrons. The summed E-state index contributed by atoms with van der Waals surface area (Å²) < 4.78 is 10.5. The third-order valence-corrected chi connectivity index (χ3v) is 2.40.